The number of hydrogen-bond donors (Lipinski definition) is 0. The maximum absolute atomic E-state index is 12.8. The van der Waals surface area contributed by atoms with E-state index in [0.29, 0.717) is 32.6 Å². The van der Waals surface area contributed by atoms with Crippen LogP contribution in [0.2, 0.25) is 0 Å². The first kappa shape index (κ1) is 18.3. The minimum atomic E-state index is 0.0407. The fraction of sp³-hybridized carbons (Fsp3) is 0.579. The Morgan fingerprint density at radius 2 is 1.67 bits per heavy atom. The highest BCUT2D eigenvalue weighted by Crippen LogP contribution is 2.25. The third-order valence-corrected chi connectivity index (χ3v) is 4.85. The van der Waals surface area contributed by atoms with Crippen LogP contribution in [-0.4, -0.2) is 54.9 Å². The molecule has 1 aromatic carbocycles. The first-order valence-electron chi connectivity index (χ1n) is 8.70. The van der Waals surface area contributed by atoms with Gasteiger partial charge in [0.15, 0.2) is 0 Å². The third-order valence-electron chi connectivity index (χ3n) is 4.85. The first-order valence-corrected chi connectivity index (χ1v) is 8.70. The first-order chi connectivity index (χ1) is 11.5. The van der Waals surface area contributed by atoms with Crippen LogP contribution in [0.3, 0.4) is 0 Å². The maximum atomic E-state index is 12.8. The lowest BCUT2D eigenvalue weighted by atomic mass is 10.0. The fourth-order valence-corrected chi connectivity index (χ4v) is 3.06. The van der Waals surface area contributed by atoms with Crippen molar-refractivity contribution in [2.24, 2.45) is 0 Å². The highest BCUT2D eigenvalue weighted by molar-refractivity contribution is 5.96. The molecule has 24 heavy (non-hydrogen) atoms. The zero-order valence-corrected chi connectivity index (χ0v) is 15.2. The van der Waals surface area contributed by atoms with Crippen LogP contribution in [0.1, 0.15) is 47.7 Å². The van der Waals surface area contributed by atoms with Gasteiger partial charge in [-0.3, -0.25) is 9.59 Å². The van der Waals surface area contributed by atoms with E-state index in [4.69, 9.17) is 4.74 Å². The fourth-order valence-electron chi connectivity index (χ4n) is 3.06. The van der Waals surface area contributed by atoms with Crippen molar-refractivity contribution in [1.82, 2.24) is 9.80 Å². The van der Waals surface area contributed by atoms with Crippen molar-refractivity contribution in [3.8, 4) is 5.75 Å². The lowest BCUT2D eigenvalue weighted by Crippen LogP contribution is -2.50. The second kappa shape index (κ2) is 8.18. The summed E-state index contributed by atoms with van der Waals surface area (Å²) < 4.78 is 5.31. The number of carbonyl (C=O) groups is 2. The van der Waals surface area contributed by atoms with E-state index in [0.717, 1.165) is 35.3 Å². The number of ether oxygens (including phenoxy) is 1. The van der Waals surface area contributed by atoms with Crippen molar-refractivity contribution in [2.45, 2.75) is 40.0 Å². The number of methoxy groups -OCH3 is 1. The summed E-state index contributed by atoms with van der Waals surface area (Å²) in [5.74, 6) is 1.05. The third kappa shape index (κ3) is 3.89. The number of nitrogens with zero attached hydrogens (tertiary/aromatic N) is 2. The highest BCUT2D eigenvalue weighted by Gasteiger charge is 2.25. The zero-order valence-electron chi connectivity index (χ0n) is 15.2. The molecule has 132 valence electrons. The minimum absolute atomic E-state index is 0.0407. The Labute approximate surface area is 144 Å². The molecule has 1 aliphatic rings. The van der Waals surface area contributed by atoms with Gasteiger partial charge in [0.1, 0.15) is 5.75 Å². The van der Waals surface area contributed by atoms with Crippen LogP contribution in [-0.2, 0) is 4.79 Å². The van der Waals surface area contributed by atoms with Crippen molar-refractivity contribution in [3.63, 3.8) is 0 Å². The van der Waals surface area contributed by atoms with Crippen LogP contribution in [0.5, 0.6) is 5.75 Å². The quantitative estimate of drug-likeness (QED) is 0.833. The molecule has 1 saturated heterocycles. The van der Waals surface area contributed by atoms with Crippen molar-refractivity contribution >= 4 is 11.8 Å². The monoisotopic (exact) mass is 332 g/mol. The molecule has 0 saturated carbocycles. The standard InChI is InChI=1S/C19H28N2O3/c1-5-6-7-18(22)20-10-12-21(13-11-20)19(23)16-8-9-17(24-4)15(3)14(16)2/h8-9H,5-7,10-13H2,1-4H3. The van der Waals surface area contributed by atoms with E-state index in [1.807, 2.05) is 35.8 Å². The highest BCUT2D eigenvalue weighted by atomic mass is 16.5. The molecular formula is C19H28N2O3. The summed E-state index contributed by atoms with van der Waals surface area (Å²) in [4.78, 5) is 28.6. The van der Waals surface area contributed by atoms with Crippen LogP contribution in [0, 0.1) is 13.8 Å². The average Bonchev–Trinajstić information content (AvgIpc) is 2.61. The number of amides is 2. The molecule has 2 rings (SSSR count). The molecule has 5 nitrogen and oxygen atoms in total. The minimum Gasteiger partial charge on any atom is -0.496 e. The summed E-state index contributed by atoms with van der Waals surface area (Å²) in [6, 6.07) is 3.68. The molecule has 0 spiro atoms. The van der Waals surface area contributed by atoms with Gasteiger partial charge in [0, 0.05) is 38.2 Å². The van der Waals surface area contributed by atoms with E-state index < -0.39 is 0 Å². The Morgan fingerprint density at radius 3 is 2.25 bits per heavy atom. The van der Waals surface area contributed by atoms with Gasteiger partial charge >= 0.3 is 0 Å². The second-order valence-electron chi connectivity index (χ2n) is 6.34. The Bertz CT molecular complexity index is 605. The lowest BCUT2D eigenvalue weighted by molar-refractivity contribution is -0.132. The number of hydrogen-bond acceptors (Lipinski definition) is 3. The van der Waals surface area contributed by atoms with Gasteiger partial charge in [-0.25, -0.2) is 0 Å². The van der Waals surface area contributed by atoms with Crippen molar-refractivity contribution < 1.29 is 14.3 Å². The van der Waals surface area contributed by atoms with Crippen LogP contribution >= 0.6 is 0 Å². The summed E-state index contributed by atoms with van der Waals surface area (Å²) in [6.07, 6.45) is 2.57. The van der Waals surface area contributed by atoms with Gasteiger partial charge in [0.05, 0.1) is 7.11 Å². The van der Waals surface area contributed by atoms with Gasteiger partial charge in [-0.1, -0.05) is 13.3 Å². The number of rotatable bonds is 5. The molecule has 1 fully saturated rings. The Kier molecular flexibility index (Phi) is 6.23. The van der Waals surface area contributed by atoms with Crippen LogP contribution < -0.4 is 4.74 Å². The molecule has 1 heterocycles. The number of unbranched alkanes of at least 4 members (excludes halogenated alkanes) is 1. The predicted molar refractivity (Wildman–Crippen MR) is 94.5 cm³/mol. The number of carbonyl (C=O) groups excluding carboxylic acids is 2. The molecular weight excluding hydrogens is 304 g/mol. The van der Waals surface area contributed by atoms with Crippen molar-refractivity contribution in [1.29, 1.82) is 0 Å². The topological polar surface area (TPSA) is 49.9 Å². The number of benzene rings is 1. The van der Waals surface area contributed by atoms with E-state index in [9.17, 15) is 9.59 Å². The van der Waals surface area contributed by atoms with Gasteiger partial charge in [0.25, 0.3) is 5.91 Å². The smallest absolute Gasteiger partial charge is 0.254 e. The van der Waals surface area contributed by atoms with Crippen molar-refractivity contribution in [3.05, 3.63) is 28.8 Å². The summed E-state index contributed by atoms with van der Waals surface area (Å²) in [5, 5.41) is 0. The Morgan fingerprint density at radius 1 is 1.04 bits per heavy atom. The van der Waals surface area contributed by atoms with Crippen LogP contribution in [0.4, 0.5) is 0 Å². The van der Waals surface area contributed by atoms with Crippen molar-refractivity contribution in [2.75, 3.05) is 33.3 Å². The van der Waals surface area contributed by atoms with Gasteiger partial charge in [0.2, 0.25) is 5.91 Å². The molecule has 0 bridgehead atoms. The number of piperazine rings is 1. The molecule has 1 aromatic rings. The molecule has 1 aliphatic heterocycles. The lowest BCUT2D eigenvalue weighted by Gasteiger charge is -2.35. The Balaban J connectivity index is 2.01. The molecule has 0 unspecified atom stereocenters. The van der Waals surface area contributed by atoms with Crippen LogP contribution in [0.15, 0.2) is 12.1 Å². The largest absolute Gasteiger partial charge is 0.496 e. The van der Waals surface area contributed by atoms with Gasteiger partial charge < -0.3 is 14.5 Å². The summed E-state index contributed by atoms with van der Waals surface area (Å²) in [7, 11) is 1.64. The molecule has 0 atom stereocenters. The summed E-state index contributed by atoms with van der Waals surface area (Å²) in [5.41, 5.74) is 2.68. The Hall–Kier alpha value is -2.04. The predicted octanol–water partition coefficient (Wildman–Crippen LogP) is 2.79. The van der Waals surface area contributed by atoms with Gasteiger partial charge in [-0.2, -0.15) is 0 Å². The van der Waals surface area contributed by atoms with Gasteiger partial charge in [-0.05, 0) is 43.5 Å². The summed E-state index contributed by atoms with van der Waals surface area (Å²) in [6.45, 7) is 8.46. The van der Waals surface area contributed by atoms with E-state index >= 15 is 0 Å². The zero-order chi connectivity index (χ0) is 17.7. The molecule has 5 heteroatoms. The normalized spacial score (nSPS) is 14.7. The molecule has 0 aliphatic carbocycles. The SMILES string of the molecule is CCCCC(=O)N1CCN(C(=O)c2ccc(OC)c(C)c2C)CC1. The summed E-state index contributed by atoms with van der Waals surface area (Å²) >= 11 is 0. The van der Waals surface area contributed by atoms with E-state index in [2.05, 4.69) is 6.92 Å². The molecule has 0 aromatic heterocycles. The van der Waals surface area contributed by atoms with Crippen LogP contribution in [0.25, 0.3) is 0 Å². The van der Waals surface area contributed by atoms with E-state index in [-0.39, 0.29) is 11.8 Å². The molecule has 0 N–H and O–H groups in total. The second-order valence-corrected chi connectivity index (χ2v) is 6.34. The average molecular weight is 332 g/mol. The maximum Gasteiger partial charge on any atom is 0.254 e. The van der Waals surface area contributed by atoms with E-state index in [1.165, 1.54) is 0 Å². The molecule has 0 radical (unpaired) electrons. The van der Waals surface area contributed by atoms with Gasteiger partial charge in [-0.15, -0.1) is 0 Å². The van der Waals surface area contributed by atoms with E-state index in [1.54, 1.807) is 7.11 Å². The molecule has 2 amide bonds.